The minimum Gasteiger partial charge on any atom is -0.469 e. The summed E-state index contributed by atoms with van der Waals surface area (Å²) in [5.41, 5.74) is -0.674. The highest BCUT2D eigenvalue weighted by atomic mass is 19.3. The molecule has 0 radical (unpaired) electrons. The zero-order valence-corrected chi connectivity index (χ0v) is 9.98. The van der Waals surface area contributed by atoms with Crippen molar-refractivity contribution >= 4 is 5.97 Å². The first kappa shape index (κ1) is 13.4. The molecule has 0 aliphatic heterocycles. The van der Waals surface area contributed by atoms with Crippen molar-refractivity contribution in [2.45, 2.75) is 45.1 Å². The van der Waals surface area contributed by atoms with Crippen LogP contribution in [-0.4, -0.2) is 31.6 Å². The van der Waals surface area contributed by atoms with E-state index in [1.54, 1.807) is 13.8 Å². The maximum atomic E-state index is 12.9. The van der Waals surface area contributed by atoms with E-state index in [4.69, 9.17) is 0 Å². The van der Waals surface area contributed by atoms with Gasteiger partial charge in [-0.25, -0.2) is 8.78 Å². The van der Waals surface area contributed by atoms with E-state index >= 15 is 0 Å². The number of hydrogen-bond acceptors (Lipinski definition) is 3. The fraction of sp³-hybridized carbons (Fsp3) is 0.909. The van der Waals surface area contributed by atoms with Crippen LogP contribution in [0.4, 0.5) is 8.78 Å². The molecule has 0 bridgehead atoms. The van der Waals surface area contributed by atoms with Crippen molar-refractivity contribution < 1.29 is 18.3 Å². The van der Waals surface area contributed by atoms with Gasteiger partial charge in [0.05, 0.1) is 12.5 Å². The lowest BCUT2D eigenvalue weighted by molar-refractivity contribution is -0.150. The zero-order chi connectivity index (χ0) is 12.4. The summed E-state index contributed by atoms with van der Waals surface area (Å²) < 4.78 is 30.5. The van der Waals surface area contributed by atoms with Crippen LogP contribution >= 0.6 is 0 Å². The Hall–Kier alpha value is -0.710. The Kier molecular flexibility index (Phi) is 3.88. The number of alkyl halides is 2. The zero-order valence-electron chi connectivity index (χ0n) is 9.98. The molecule has 1 fully saturated rings. The number of nitrogens with one attached hydrogen (secondary N) is 1. The average Bonchev–Trinajstić information content (AvgIpc) is 2.54. The van der Waals surface area contributed by atoms with Gasteiger partial charge in [-0.2, -0.15) is 0 Å². The molecule has 1 aliphatic rings. The van der Waals surface area contributed by atoms with Gasteiger partial charge in [0.2, 0.25) is 5.92 Å². The quantitative estimate of drug-likeness (QED) is 0.757. The number of rotatable bonds is 4. The van der Waals surface area contributed by atoms with Gasteiger partial charge in [0.15, 0.2) is 0 Å². The molecule has 1 N–H and O–H groups in total. The number of esters is 1. The number of carbonyl (C=O) groups excluding carboxylic acids is 1. The summed E-state index contributed by atoms with van der Waals surface area (Å²) in [4.78, 5) is 11.4. The van der Waals surface area contributed by atoms with Crippen LogP contribution in [0.1, 0.15) is 33.1 Å². The molecular formula is C11H19F2NO2. The van der Waals surface area contributed by atoms with E-state index in [0.29, 0.717) is 13.0 Å². The molecule has 94 valence electrons. The second-order valence-electron chi connectivity index (χ2n) is 5.05. The molecule has 0 heterocycles. The first-order chi connectivity index (χ1) is 7.27. The van der Waals surface area contributed by atoms with Crippen LogP contribution in [-0.2, 0) is 9.53 Å². The summed E-state index contributed by atoms with van der Waals surface area (Å²) >= 11 is 0. The number of methoxy groups -OCH3 is 1. The van der Waals surface area contributed by atoms with Crippen molar-refractivity contribution in [1.82, 2.24) is 5.32 Å². The third-order valence-electron chi connectivity index (χ3n) is 2.97. The Morgan fingerprint density at radius 2 is 2.19 bits per heavy atom. The van der Waals surface area contributed by atoms with Gasteiger partial charge in [-0.3, -0.25) is 4.79 Å². The first-order valence-electron chi connectivity index (χ1n) is 5.46. The summed E-state index contributed by atoms with van der Waals surface area (Å²) in [7, 11) is 1.33. The van der Waals surface area contributed by atoms with E-state index in [-0.39, 0.29) is 24.9 Å². The minimum atomic E-state index is -2.55. The van der Waals surface area contributed by atoms with Gasteiger partial charge in [-0.05, 0) is 20.3 Å². The lowest BCUT2D eigenvalue weighted by Gasteiger charge is -2.24. The molecule has 1 aliphatic carbocycles. The minimum absolute atomic E-state index is 0.0662. The van der Waals surface area contributed by atoms with Gasteiger partial charge >= 0.3 is 5.97 Å². The largest absolute Gasteiger partial charge is 0.469 e. The standard InChI is InChI=1S/C11H19F2NO2/c1-10(2,9(15)16-3)7-14-8-4-5-11(12,13)6-8/h8,14H,4-7H2,1-3H3/t8-/m1/s1. The van der Waals surface area contributed by atoms with Crippen LogP contribution in [0.25, 0.3) is 0 Å². The topological polar surface area (TPSA) is 38.3 Å². The van der Waals surface area contributed by atoms with Crippen LogP contribution in [0.15, 0.2) is 0 Å². The molecule has 0 aromatic heterocycles. The lowest BCUT2D eigenvalue weighted by atomic mass is 9.93. The van der Waals surface area contributed by atoms with Crippen molar-refractivity contribution in [3.05, 3.63) is 0 Å². The molecule has 1 atom stereocenters. The predicted octanol–water partition coefficient (Wildman–Crippen LogP) is 1.96. The molecule has 0 aromatic rings. The molecule has 0 amide bonds. The van der Waals surface area contributed by atoms with Crippen molar-refractivity contribution in [2.75, 3.05) is 13.7 Å². The average molecular weight is 235 g/mol. The Labute approximate surface area is 94.5 Å². The van der Waals surface area contributed by atoms with Gasteiger partial charge in [-0.1, -0.05) is 0 Å². The summed E-state index contributed by atoms with van der Waals surface area (Å²) in [6.07, 6.45) is 0.262. The molecule has 1 saturated carbocycles. The predicted molar refractivity (Wildman–Crippen MR) is 56.4 cm³/mol. The van der Waals surface area contributed by atoms with Gasteiger partial charge in [-0.15, -0.1) is 0 Å². The smallest absolute Gasteiger partial charge is 0.312 e. The third-order valence-corrected chi connectivity index (χ3v) is 2.97. The van der Waals surface area contributed by atoms with Crippen LogP contribution in [0.3, 0.4) is 0 Å². The lowest BCUT2D eigenvalue weighted by Crippen LogP contribution is -2.41. The van der Waals surface area contributed by atoms with Crippen LogP contribution < -0.4 is 5.32 Å². The summed E-state index contributed by atoms with van der Waals surface area (Å²) in [6, 6.07) is -0.195. The highest BCUT2D eigenvalue weighted by Crippen LogP contribution is 2.35. The third kappa shape index (κ3) is 3.40. The molecule has 16 heavy (non-hydrogen) atoms. The van der Waals surface area contributed by atoms with Crippen molar-refractivity contribution in [3.8, 4) is 0 Å². The van der Waals surface area contributed by atoms with Crippen LogP contribution in [0.5, 0.6) is 0 Å². The summed E-state index contributed by atoms with van der Waals surface area (Å²) in [5.74, 6) is -2.88. The number of carbonyl (C=O) groups is 1. The number of halogens is 2. The van der Waals surface area contributed by atoms with Gasteiger partial charge in [0, 0.05) is 25.4 Å². The van der Waals surface area contributed by atoms with Crippen molar-refractivity contribution in [3.63, 3.8) is 0 Å². The normalized spacial score (nSPS) is 24.4. The van der Waals surface area contributed by atoms with E-state index in [1.807, 2.05) is 0 Å². The molecule has 0 spiro atoms. The van der Waals surface area contributed by atoms with Gasteiger partial charge < -0.3 is 10.1 Å². The van der Waals surface area contributed by atoms with E-state index in [0.717, 1.165) is 0 Å². The van der Waals surface area contributed by atoms with Crippen molar-refractivity contribution in [2.24, 2.45) is 5.41 Å². The second-order valence-corrected chi connectivity index (χ2v) is 5.05. The SMILES string of the molecule is COC(=O)C(C)(C)CN[C@@H]1CCC(F)(F)C1. The fourth-order valence-electron chi connectivity index (χ4n) is 1.87. The Bertz CT molecular complexity index is 267. The van der Waals surface area contributed by atoms with Gasteiger partial charge in [0.1, 0.15) is 0 Å². The highest BCUT2D eigenvalue weighted by Gasteiger charge is 2.40. The van der Waals surface area contributed by atoms with E-state index in [2.05, 4.69) is 10.1 Å². The van der Waals surface area contributed by atoms with Crippen LogP contribution in [0, 0.1) is 5.41 Å². The summed E-state index contributed by atoms with van der Waals surface area (Å²) in [5, 5.41) is 3.01. The maximum Gasteiger partial charge on any atom is 0.312 e. The van der Waals surface area contributed by atoms with Crippen molar-refractivity contribution in [1.29, 1.82) is 0 Å². The molecule has 3 nitrogen and oxygen atoms in total. The molecule has 0 unspecified atom stereocenters. The first-order valence-corrected chi connectivity index (χ1v) is 5.46. The van der Waals surface area contributed by atoms with E-state index in [9.17, 15) is 13.6 Å². The number of ether oxygens (including phenoxy) is 1. The van der Waals surface area contributed by atoms with Gasteiger partial charge in [0.25, 0.3) is 0 Å². The number of hydrogen-bond donors (Lipinski definition) is 1. The summed E-state index contributed by atoms with van der Waals surface area (Å²) in [6.45, 7) is 3.83. The monoisotopic (exact) mass is 235 g/mol. The molecule has 0 saturated heterocycles. The van der Waals surface area contributed by atoms with E-state index in [1.165, 1.54) is 7.11 Å². The second kappa shape index (κ2) is 4.65. The Morgan fingerprint density at radius 3 is 2.62 bits per heavy atom. The molecule has 1 rings (SSSR count). The highest BCUT2D eigenvalue weighted by molar-refractivity contribution is 5.76. The molecular weight excluding hydrogens is 216 g/mol. The maximum absolute atomic E-state index is 12.9. The fourth-order valence-corrected chi connectivity index (χ4v) is 1.87. The van der Waals surface area contributed by atoms with Crippen LogP contribution in [0.2, 0.25) is 0 Å². The Balaban J connectivity index is 2.38. The molecule has 0 aromatic carbocycles. The molecule has 5 heteroatoms. The Morgan fingerprint density at radius 1 is 1.56 bits per heavy atom. The van der Waals surface area contributed by atoms with E-state index < -0.39 is 11.3 Å².